The average molecular weight is 487 g/mol. The number of anilines is 2. The summed E-state index contributed by atoms with van der Waals surface area (Å²) in [4.78, 5) is 21.0. The van der Waals surface area contributed by atoms with Gasteiger partial charge in [0.25, 0.3) is 5.91 Å². The van der Waals surface area contributed by atoms with Crippen molar-refractivity contribution in [2.45, 2.75) is 49.9 Å². The summed E-state index contributed by atoms with van der Waals surface area (Å²) in [6.45, 7) is 3.42. The van der Waals surface area contributed by atoms with E-state index in [-0.39, 0.29) is 21.8 Å². The number of benzene rings is 1. The number of halogens is 2. The molecule has 1 saturated heterocycles. The van der Waals surface area contributed by atoms with Crippen molar-refractivity contribution < 1.29 is 13.6 Å². The van der Waals surface area contributed by atoms with Crippen LogP contribution >= 0.6 is 11.8 Å². The molecule has 1 aromatic carbocycles. The summed E-state index contributed by atoms with van der Waals surface area (Å²) >= 11 is 1.01. The highest BCUT2D eigenvalue weighted by molar-refractivity contribution is 8.03. The third-order valence-corrected chi connectivity index (χ3v) is 7.91. The summed E-state index contributed by atoms with van der Waals surface area (Å²) < 4.78 is 29.8. The predicted molar refractivity (Wildman–Crippen MR) is 130 cm³/mol. The molecule has 7 nitrogen and oxygen atoms in total. The lowest BCUT2D eigenvalue weighted by Crippen LogP contribution is -2.52. The second-order valence-corrected chi connectivity index (χ2v) is 10.6. The molecule has 1 amide bonds. The molecule has 34 heavy (non-hydrogen) atoms. The molecule has 2 aliphatic heterocycles. The number of hydrogen-bond acceptors (Lipinski definition) is 7. The third-order valence-electron chi connectivity index (χ3n) is 6.79. The van der Waals surface area contributed by atoms with Crippen LogP contribution in [-0.4, -0.2) is 29.5 Å². The summed E-state index contributed by atoms with van der Waals surface area (Å²) in [6, 6.07) is 3.70. The van der Waals surface area contributed by atoms with E-state index >= 15 is 0 Å². The van der Waals surface area contributed by atoms with Crippen LogP contribution < -0.4 is 27.0 Å². The van der Waals surface area contributed by atoms with Crippen molar-refractivity contribution in [3.05, 3.63) is 63.6 Å². The molecule has 1 fully saturated rings. The van der Waals surface area contributed by atoms with Crippen LogP contribution in [0.1, 0.15) is 48.4 Å². The summed E-state index contributed by atoms with van der Waals surface area (Å²) in [7, 11) is 0. The number of pyridine rings is 1. The van der Waals surface area contributed by atoms with Crippen LogP contribution in [0.2, 0.25) is 0 Å². The number of fused-ring (bicyclic) bond motifs is 1. The number of aromatic nitrogens is 1. The lowest BCUT2D eigenvalue weighted by atomic mass is 9.91. The lowest BCUT2D eigenvalue weighted by Gasteiger charge is -2.42. The molecule has 3 aliphatic rings. The number of piperidine rings is 1. The molecule has 0 saturated carbocycles. The number of thioether (sulfide) groups is 1. The second kappa shape index (κ2) is 8.42. The first-order valence-corrected chi connectivity index (χ1v) is 12.3. The molecule has 2 aromatic rings. The van der Waals surface area contributed by atoms with Crippen molar-refractivity contribution in [1.82, 2.24) is 4.98 Å². The molecule has 2 atom stereocenters. The number of aryl methyl sites for hydroxylation is 1. The molecule has 10 heteroatoms. The fourth-order valence-corrected chi connectivity index (χ4v) is 6.57. The van der Waals surface area contributed by atoms with Crippen LogP contribution in [0.3, 0.4) is 0 Å². The highest BCUT2D eigenvalue weighted by Gasteiger charge is 2.42. The fraction of sp³-hybridized carbons (Fsp3) is 0.417. The molecule has 0 bridgehead atoms. The first kappa shape index (κ1) is 22.9. The molecule has 1 unspecified atom stereocenters. The Hall–Kier alpha value is -2.85. The number of nitrogens with two attached hydrogens (primary N) is 3. The Balaban J connectivity index is 1.72. The van der Waals surface area contributed by atoms with Gasteiger partial charge in [-0.15, -0.1) is 0 Å². The molecule has 0 spiro atoms. The Morgan fingerprint density at radius 1 is 1.24 bits per heavy atom. The van der Waals surface area contributed by atoms with Gasteiger partial charge in [-0.3, -0.25) is 9.78 Å². The van der Waals surface area contributed by atoms with Crippen molar-refractivity contribution in [2.24, 2.45) is 17.2 Å². The zero-order chi connectivity index (χ0) is 24.2. The third kappa shape index (κ3) is 3.78. The van der Waals surface area contributed by atoms with Crippen LogP contribution in [0.25, 0.3) is 0 Å². The Morgan fingerprint density at radius 3 is 2.65 bits per heavy atom. The van der Waals surface area contributed by atoms with Gasteiger partial charge >= 0.3 is 0 Å². The van der Waals surface area contributed by atoms with E-state index in [1.807, 2.05) is 6.92 Å². The normalized spacial score (nSPS) is 24.6. The number of nitrogens with zero attached hydrogens (tertiary/aromatic N) is 3. The molecule has 0 radical (unpaired) electrons. The van der Waals surface area contributed by atoms with Crippen LogP contribution in [-0.2, 0) is 17.6 Å². The molecular weight excluding hydrogens is 458 g/mol. The van der Waals surface area contributed by atoms with Crippen molar-refractivity contribution in [3.63, 3.8) is 0 Å². The second-order valence-electron chi connectivity index (χ2n) is 9.50. The minimum absolute atomic E-state index is 0.0196. The minimum atomic E-state index is -0.947. The highest BCUT2D eigenvalue weighted by atomic mass is 32.2. The van der Waals surface area contributed by atoms with Gasteiger partial charge < -0.3 is 27.0 Å². The first-order valence-electron chi connectivity index (χ1n) is 11.4. The SMILES string of the molecule is C[C@@]1(N)CCCN(c2c(N3C(C(N)=O)=C(N)SC3c3c(F)cccc3F)cnc3c2CCC3)C1. The van der Waals surface area contributed by atoms with E-state index < -0.39 is 22.9 Å². The van der Waals surface area contributed by atoms with Gasteiger partial charge in [0, 0.05) is 24.3 Å². The lowest BCUT2D eigenvalue weighted by molar-refractivity contribution is -0.114. The number of primary amides is 1. The number of carbonyl (C=O) groups is 1. The minimum Gasteiger partial charge on any atom is -0.392 e. The van der Waals surface area contributed by atoms with E-state index in [4.69, 9.17) is 17.2 Å². The van der Waals surface area contributed by atoms with Crippen LogP contribution in [0.15, 0.2) is 35.1 Å². The Bertz CT molecular complexity index is 1180. The van der Waals surface area contributed by atoms with Crippen LogP contribution in [0.5, 0.6) is 0 Å². The summed E-state index contributed by atoms with van der Waals surface area (Å²) in [5, 5.41) is -0.827. The Kier molecular flexibility index (Phi) is 5.68. The van der Waals surface area contributed by atoms with Crippen molar-refractivity contribution in [3.8, 4) is 0 Å². The zero-order valence-corrected chi connectivity index (χ0v) is 19.8. The highest BCUT2D eigenvalue weighted by Crippen LogP contribution is 2.52. The van der Waals surface area contributed by atoms with Gasteiger partial charge in [-0.1, -0.05) is 17.8 Å². The fourth-order valence-electron chi connectivity index (χ4n) is 5.35. The smallest absolute Gasteiger partial charge is 0.268 e. The molecule has 1 aromatic heterocycles. The van der Waals surface area contributed by atoms with E-state index in [0.29, 0.717) is 12.2 Å². The van der Waals surface area contributed by atoms with Gasteiger partial charge in [0.05, 0.1) is 28.2 Å². The van der Waals surface area contributed by atoms with Crippen molar-refractivity contribution in [2.75, 3.05) is 22.9 Å². The average Bonchev–Trinajstić information content (AvgIpc) is 3.36. The summed E-state index contributed by atoms with van der Waals surface area (Å²) in [5.74, 6) is -2.20. The topological polar surface area (TPSA) is 114 Å². The standard InChI is InChI=1S/C24H28F2N6OS/c1-24(29)9-4-10-31(12-24)19-13-5-2-8-16(13)30-11-17(19)32-20(21(27)33)22(28)34-23(32)18-14(25)6-3-7-15(18)26/h3,6-7,11,23H,2,4-5,8-10,12,28-29H2,1H3,(H2,27,33)/t23?,24-/m1/s1. The van der Waals surface area contributed by atoms with E-state index in [0.717, 1.165) is 67.4 Å². The molecule has 3 heterocycles. The van der Waals surface area contributed by atoms with E-state index in [9.17, 15) is 13.6 Å². The van der Waals surface area contributed by atoms with Gasteiger partial charge in [0.15, 0.2) is 0 Å². The van der Waals surface area contributed by atoms with Gasteiger partial charge in [0.1, 0.15) is 22.7 Å². The number of amides is 1. The van der Waals surface area contributed by atoms with E-state index in [1.54, 1.807) is 11.1 Å². The maximum absolute atomic E-state index is 14.9. The maximum Gasteiger partial charge on any atom is 0.268 e. The number of carbonyl (C=O) groups excluding carboxylic acids is 1. The van der Waals surface area contributed by atoms with E-state index in [1.165, 1.54) is 18.2 Å². The Labute approximate surface area is 201 Å². The van der Waals surface area contributed by atoms with Crippen LogP contribution in [0.4, 0.5) is 20.2 Å². The van der Waals surface area contributed by atoms with Crippen molar-refractivity contribution >= 4 is 29.0 Å². The zero-order valence-electron chi connectivity index (χ0n) is 19.0. The van der Waals surface area contributed by atoms with Gasteiger partial charge in [0.2, 0.25) is 0 Å². The van der Waals surface area contributed by atoms with Gasteiger partial charge in [-0.05, 0) is 56.7 Å². The first-order chi connectivity index (χ1) is 16.2. The largest absolute Gasteiger partial charge is 0.392 e. The molecule has 5 rings (SSSR count). The monoisotopic (exact) mass is 486 g/mol. The molecule has 1 aliphatic carbocycles. The van der Waals surface area contributed by atoms with Gasteiger partial charge in [-0.2, -0.15) is 0 Å². The predicted octanol–water partition coefficient (Wildman–Crippen LogP) is 3.03. The Morgan fingerprint density at radius 2 is 1.97 bits per heavy atom. The quantitative estimate of drug-likeness (QED) is 0.609. The molecule has 180 valence electrons. The number of rotatable bonds is 4. The summed E-state index contributed by atoms with van der Waals surface area (Å²) in [5.41, 5.74) is 21.5. The molecule has 6 N–H and O–H groups in total. The van der Waals surface area contributed by atoms with E-state index in [2.05, 4.69) is 9.88 Å². The summed E-state index contributed by atoms with van der Waals surface area (Å²) in [6.07, 6.45) is 6.13. The number of hydrogen-bond donors (Lipinski definition) is 3. The van der Waals surface area contributed by atoms with Crippen molar-refractivity contribution in [1.29, 1.82) is 0 Å². The molecular formula is C24H28F2N6OS. The van der Waals surface area contributed by atoms with Gasteiger partial charge in [-0.25, -0.2) is 8.78 Å². The maximum atomic E-state index is 14.9. The van der Waals surface area contributed by atoms with Crippen LogP contribution in [0, 0.1) is 11.6 Å².